The molecule has 0 spiro atoms. The van der Waals surface area contributed by atoms with Crippen molar-refractivity contribution >= 4 is 11.9 Å². The maximum absolute atomic E-state index is 13.3. The summed E-state index contributed by atoms with van der Waals surface area (Å²) in [5.74, 6) is -2.56. The Morgan fingerprint density at radius 1 is 1.39 bits per heavy atom. The first-order valence-corrected chi connectivity index (χ1v) is 7.41. The van der Waals surface area contributed by atoms with Gasteiger partial charge in [-0.3, -0.25) is 9.59 Å². The fraction of sp³-hybridized carbons (Fsp3) is 0.500. The van der Waals surface area contributed by atoms with Crippen LogP contribution in [0.3, 0.4) is 0 Å². The molecule has 1 amide bonds. The Morgan fingerprint density at radius 3 is 2.74 bits per heavy atom. The number of hydrogen-bond donors (Lipinski definition) is 1. The van der Waals surface area contributed by atoms with E-state index in [2.05, 4.69) is 0 Å². The van der Waals surface area contributed by atoms with Gasteiger partial charge in [0.25, 0.3) is 0 Å². The van der Waals surface area contributed by atoms with Gasteiger partial charge in [-0.15, -0.1) is 0 Å². The summed E-state index contributed by atoms with van der Waals surface area (Å²) in [6.07, 6.45) is 1.000. The Kier molecular flexibility index (Phi) is 5.18. The lowest BCUT2D eigenvalue weighted by Crippen LogP contribution is -2.34. The van der Waals surface area contributed by atoms with E-state index in [1.807, 2.05) is 0 Å². The van der Waals surface area contributed by atoms with Crippen LogP contribution < -0.4 is 4.74 Å². The average molecular weight is 327 g/mol. The van der Waals surface area contributed by atoms with Crippen molar-refractivity contribution in [2.75, 3.05) is 19.7 Å². The molecule has 1 aliphatic rings. The van der Waals surface area contributed by atoms with Gasteiger partial charge >= 0.3 is 5.97 Å². The zero-order valence-electron chi connectivity index (χ0n) is 12.8. The van der Waals surface area contributed by atoms with Gasteiger partial charge in [0, 0.05) is 25.6 Å². The summed E-state index contributed by atoms with van der Waals surface area (Å²) in [5.41, 5.74) is -0.886. The molecule has 5 nitrogen and oxygen atoms in total. The minimum Gasteiger partial charge on any atom is -0.491 e. The van der Waals surface area contributed by atoms with Gasteiger partial charge in [0.15, 0.2) is 11.6 Å². The number of ether oxygens (including phenoxy) is 1. The van der Waals surface area contributed by atoms with Crippen LogP contribution in [0, 0.1) is 17.0 Å². The van der Waals surface area contributed by atoms with Crippen LogP contribution in [0.15, 0.2) is 18.2 Å². The zero-order chi connectivity index (χ0) is 17.0. The van der Waals surface area contributed by atoms with E-state index in [-0.39, 0.29) is 31.2 Å². The molecule has 1 aliphatic heterocycles. The SMILES string of the molecule is C[C@]1(C(=O)O)CCN(C(=O)CCCOc2ccc(F)cc2F)C1. The zero-order valence-corrected chi connectivity index (χ0v) is 12.8. The first-order valence-electron chi connectivity index (χ1n) is 7.41. The molecule has 0 aliphatic carbocycles. The maximum Gasteiger partial charge on any atom is 0.311 e. The molecule has 126 valence electrons. The van der Waals surface area contributed by atoms with Crippen molar-refractivity contribution in [1.29, 1.82) is 0 Å². The lowest BCUT2D eigenvalue weighted by Gasteiger charge is -2.20. The van der Waals surface area contributed by atoms with Crippen molar-refractivity contribution in [3.8, 4) is 5.75 Å². The summed E-state index contributed by atoms with van der Waals surface area (Å²) < 4.78 is 31.3. The molecule has 1 N–H and O–H groups in total. The second-order valence-corrected chi connectivity index (χ2v) is 5.96. The highest BCUT2D eigenvalue weighted by Crippen LogP contribution is 2.30. The molecule has 0 saturated carbocycles. The summed E-state index contributed by atoms with van der Waals surface area (Å²) in [6, 6.07) is 3.03. The normalized spacial score (nSPS) is 20.6. The number of aliphatic carboxylic acids is 1. The predicted octanol–water partition coefficient (Wildman–Crippen LogP) is 2.45. The molecule has 1 atom stereocenters. The van der Waals surface area contributed by atoms with Crippen molar-refractivity contribution in [2.45, 2.75) is 26.2 Å². The third-order valence-corrected chi connectivity index (χ3v) is 4.03. The second-order valence-electron chi connectivity index (χ2n) is 5.96. The number of carbonyl (C=O) groups is 2. The van der Waals surface area contributed by atoms with Gasteiger partial charge in [-0.1, -0.05) is 0 Å². The van der Waals surface area contributed by atoms with Gasteiger partial charge in [-0.25, -0.2) is 8.78 Å². The second kappa shape index (κ2) is 6.93. The lowest BCUT2D eigenvalue weighted by molar-refractivity contribution is -0.147. The molecule has 1 heterocycles. The Morgan fingerprint density at radius 2 is 2.13 bits per heavy atom. The van der Waals surface area contributed by atoms with E-state index in [4.69, 9.17) is 9.84 Å². The van der Waals surface area contributed by atoms with Crippen LogP contribution in [0.1, 0.15) is 26.2 Å². The number of hydrogen-bond acceptors (Lipinski definition) is 3. The Bertz CT molecular complexity index is 608. The van der Waals surface area contributed by atoms with Crippen molar-refractivity contribution in [2.24, 2.45) is 5.41 Å². The number of carboxylic acids is 1. The van der Waals surface area contributed by atoms with Crippen LogP contribution in [0.4, 0.5) is 8.78 Å². The molecule has 0 unspecified atom stereocenters. The highest BCUT2D eigenvalue weighted by molar-refractivity contribution is 5.80. The highest BCUT2D eigenvalue weighted by atomic mass is 19.1. The van der Waals surface area contributed by atoms with Crippen molar-refractivity contribution in [3.05, 3.63) is 29.8 Å². The van der Waals surface area contributed by atoms with Crippen LogP contribution >= 0.6 is 0 Å². The fourth-order valence-corrected chi connectivity index (χ4v) is 2.50. The van der Waals surface area contributed by atoms with Gasteiger partial charge in [0.05, 0.1) is 12.0 Å². The quantitative estimate of drug-likeness (QED) is 0.815. The number of amides is 1. The number of likely N-dealkylation sites (tertiary alicyclic amines) is 1. The van der Waals surface area contributed by atoms with Crippen molar-refractivity contribution in [1.82, 2.24) is 4.90 Å². The third-order valence-electron chi connectivity index (χ3n) is 4.03. The maximum atomic E-state index is 13.3. The summed E-state index contributed by atoms with van der Waals surface area (Å²) in [6.45, 7) is 2.38. The molecular formula is C16H19F2NO4. The number of rotatable bonds is 6. The van der Waals surface area contributed by atoms with E-state index in [0.29, 0.717) is 19.4 Å². The fourth-order valence-electron chi connectivity index (χ4n) is 2.50. The molecule has 0 bridgehead atoms. The largest absolute Gasteiger partial charge is 0.491 e. The number of halogens is 2. The van der Waals surface area contributed by atoms with Crippen LogP contribution in [-0.2, 0) is 9.59 Å². The Labute approximate surface area is 132 Å². The molecule has 1 aromatic rings. The molecule has 1 saturated heterocycles. The average Bonchev–Trinajstić information content (AvgIpc) is 2.89. The first-order chi connectivity index (χ1) is 10.8. The van der Waals surface area contributed by atoms with Crippen LogP contribution in [0.25, 0.3) is 0 Å². The van der Waals surface area contributed by atoms with Crippen LogP contribution in [0.5, 0.6) is 5.75 Å². The van der Waals surface area contributed by atoms with E-state index in [0.717, 1.165) is 12.1 Å². The van der Waals surface area contributed by atoms with Crippen LogP contribution in [-0.4, -0.2) is 41.6 Å². The summed E-state index contributed by atoms with van der Waals surface area (Å²) in [7, 11) is 0. The predicted molar refractivity (Wildman–Crippen MR) is 78.0 cm³/mol. The van der Waals surface area contributed by atoms with Crippen molar-refractivity contribution < 1.29 is 28.2 Å². The number of carbonyl (C=O) groups excluding carboxylic acids is 1. The van der Waals surface area contributed by atoms with E-state index >= 15 is 0 Å². The third kappa shape index (κ3) is 4.18. The topological polar surface area (TPSA) is 66.8 Å². The highest BCUT2D eigenvalue weighted by Gasteiger charge is 2.41. The minimum absolute atomic E-state index is 0.0570. The molecule has 1 aromatic carbocycles. The molecule has 0 radical (unpaired) electrons. The first kappa shape index (κ1) is 17.2. The van der Waals surface area contributed by atoms with Gasteiger partial charge in [0.1, 0.15) is 5.82 Å². The van der Waals surface area contributed by atoms with E-state index in [1.54, 1.807) is 6.92 Å². The van der Waals surface area contributed by atoms with Gasteiger partial charge in [-0.05, 0) is 31.9 Å². The summed E-state index contributed by atoms with van der Waals surface area (Å²) in [5, 5.41) is 9.14. The number of benzene rings is 1. The monoisotopic (exact) mass is 327 g/mol. The van der Waals surface area contributed by atoms with Crippen LogP contribution in [0.2, 0.25) is 0 Å². The minimum atomic E-state index is -0.900. The molecule has 1 fully saturated rings. The molecule has 7 heteroatoms. The molecule has 0 aromatic heterocycles. The summed E-state index contributed by atoms with van der Waals surface area (Å²) >= 11 is 0. The number of carboxylic acid groups (broad SMARTS) is 1. The molecule has 2 rings (SSSR count). The van der Waals surface area contributed by atoms with E-state index < -0.39 is 23.0 Å². The Hall–Kier alpha value is -2.18. The standard InChI is InChI=1S/C16H19F2NO4/c1-16(15(21)22)6-7-19(10-16)14(20)3-2-8-23-13-5-4-11(17)9-12(13)18/h4-5,9H,2-3,6-8,10H2,1H3,(H,21,22)/t16-/m0/s1. The van der Waals surface area contributed by atoms with Crippen molar-refractivity contribution in [3.63, 3.8) is 0 Å². The summed E-state index contributed by atoms with van der Waals surface area (Å²) in [4.78, 5) is 24.7. The van der Waals surface area contributed by atoms with Gasteiger partial charge < -0.3 is 14.7 Å². The molecular weight excluding hydrogens is 308 g/mol. The Balaban J connectivity index is 1.74. The lowest BCUT2D eigenvalue weighted by atomic mass is 9.90. The molecule has 23 heavy (non-hydrogen) atoms. The van der Waals surface area contributed by atoms with E-state index in [9.17, 15) is 18.4 Å². The van der Waals surface area contributed by atoms with Gasteiger partial charge in [0.2, 0.25) is 5.91 Å². The van der Waals surface area contributed by atoms with Gasteiger partial charge in [-0.2, -0.15) is 0 Å². The van der Waals surface area contributed by atoms with E-state index in [1.165, 1.54) is 11.0 Å². The number of nitrogens with zero attached hydrogens (tertiary/aromatic N) is 1. The smallest absolute Gasteiger partial charge is 0.311 e.